The van der Waals surface area contributed by atoms with E-state index in [0.29, 0.717) is 0 Å². The van der Waals surface area contributed by atoms with Crippen LogP contribution in [0.15, 0.2) is 23.8 Å². The number of carboxylic acid groups (broad SMARTS) is 1. The van der Waals surface area contributed by atoms with Crippen LogP contribution in [0.4, 0.5) is 0 Å². The van der Waals surface area contributed by atoms with Crippen molar-refractivity contribution < 1.29 is 9.90 Å². The van der Waals surface area contributed by atoms with E-state index in [1.54, 1.807) is 6.08 Å². The molecule has 0 aromatic heterocycles. The summed E-state index contributed by atoms with van der Waals surface area (Å²) in [6.07, 6.45) is 8.24. The van der Waals surface area contributed by atoms with Crippen LogP contribution in [0, 0.1) is 0 Å². The fourth-order valence-electron chi connectivity index (χ4n) is 1.03. The van der Waals surface area contributed by atoms with Gasteiger partial charge in [-0.15, -0.1) is 0 Å². The first-order chi connectivity index (χ1) is 4.79. The Hall–Kier alpha value is -1.05. The van der Waals surface area contributed by atoms with E-state index in [-0.39, 0.29) is 0 Å². The summed E-state index contributed by atoms with van der Waals surface area (Å²) in [6, 6.07) is 0. The molecule has 0 bridgehead atoms. The Kier molecular flexibility index (Phi) is 2.26. The molecule has 0 unspecified atom stereocenters. The number of allylic oxidation sites excluding steroid dienone is 3. The maximum absolute atomic E-state index is 10.0. The summed E-state index contributed by atoms with van der Waals surface area (Å²) in [4.78, 5) is 10.0. The van der Waals surface area contributed by atoms with E-state index in [4.69, 9.17) is 5.11 Å². The van der Waals surface area contributed by atoms with Crippen LogP contribution < -0.4 is 0 Å². The van der Waals surface area contributed by atoms with Crippen LogP contribution in [-0.2, 0) is 4.79 Å². The first-order valence-corrected chi connectivity index (χ1v) is 3.39. The third kappa shape index (κ3) is 2.05. The quantitative estimate of drug-likeness (QED) is 0.590. The van der Waals surface area contributed by atoms with E-state index in [9.17, 15) is 4.79 Å². The molecule has 0 aromatic carbocycles. The minimum atomic E-state index is -0.868. The molecule has 1 aliphatic rings. The Balaban J connectivity index is 2.44. The molecule has 54 valence electrons. The lowest BCUT2D eigenvalue weighted by molar-refractivity contribution is -0.131. The summed E-state index contributed by atoms with van der Waals surface area (Å²) in [5, 5.41) is 8.26. The van der Waals surface area contributed by atoms with Gasteiger partial charge in [-0.3, -0.25) is 0 Å². The van der Waals surface area contributed by atoms with Gasteiger partial charge in [-0.25, -0.2) is 4.79 Å². The molecule has 0 atom stereocenters. The molecule has 0 amide bonds. The molecule has 0 spiro atoms. The second-order valence-electron chi connectivity index (χ2n) is 2.34. The molecule has 0 saturated carbocycles. The normalized spacial score (nSPS) is 17.8. The Morgan fingerprint density at radius 2 is 2.50 bits per heavy atom. The second kappa shape index (κ2) is 3.20. The van der Waals surface area contributed by atoms with Gasteiger partial charge in [0.1, 0.15) is 0 Å². The largest absolute Gasteiger partial charge is 0.478 e. The fourth-order valence-corrected chi connectivity index (χ4v) is 1.03. The first-order valence-electron chi connectivity index (χ1n) is 3.39. The zero-order valence-electron chi connectivity index (χ0n) is 5.71. The van der Waals surface area contributed by atoms with Gasteiger partial charge in [0.25, 0.3) is 0 Å². The molecule has 0 saturated heterocycles. The zero-order valence-corrected chi connectivity index (χ0v) is 5.71. The van der Waals surface area contributed by atoms with Crippen molar-refractivity contribution in [2.75, 3.05) is 0 Å². The van der Waals surface area contributed by atoms with E-state index in [1.165, 1.54) is 12.5 Å². The molecule has 10 heavy (non-hydrogen) atoms. The van der Waals surface area contributed by atoms with Crippen LogP contribution in [0.25, 0.3) is 0 Å². The SMILES string of the molecule is O=C(O)/C=C/C1=CCCC1. The molecular weight excluding hydrogens is 128 g/mol. The summed E-state index contributed by atoms with van der Waals surface area (Å²) >= 11 is 0. The van der Waals surface area contributed by atoms with Crippen molar-refractivity contribution in [3.05, 3.63) is 23.8 Å². The van der Waals surface area contributed by atoms with Crippen molar-refractivity contribution in [2.24, 2.45) is 0 Å². The number of hydrogen-bond acceptors (Lipinski definition) is 1. The number of aliphatic carboxylic acids is 1. The lowest BCUT2D eigenvalue weighted by atomic mass is 10.2. The summed E-state index contributed by atoms with van der Waals surface area (Å²) in [5.41, 5.74) is 1.16. The highest BCUT2D eigenvalue weighted by Crippen LogP contribution is 2.17. The van der Waals surface area contributed by atoms with Crippen LogP contribution in [0.5, 0.6) is 0 Å². The van der Waals surface area contributed by atoms with Crippen LogP contribution in [-0.4, -0.2) is 11.1 Å². The van der Waals surface area contributed by atoms with Gasteiger partial charge in [0.05, 0.1) is 0 Å². The average molecular weight is 138 g/mol. The van der Waals surface area contributed by atoms with E-state index < -0.39 is 5.97 Å². The molecule has 2 heteroatoms. The molecule has 2 nitrogen and oxygen atoms in total. The van der Waals surface area contributed by atoms with Gasteiger partial charge in [-0.2, -0.15) is 0 Å². The van der Waals surface area contributed by atoms with Gasteiger partial charge in [0.2, 0.25) is 0 Å². The lowest BCUT2D eigenvalue weighted by Gasteiger charge is -1.86. The maximum Gasteiger partial charge on any atom is 0.328 e. The van der Waals surface area contributed by atoms with Crippen LogP contribution in [0.1, 0.15) is 19.3 Å². The van der Waals surface area contributed by atoms with Crippen molar-refractivity contribution in [3.8, 4) is 0 Å². The summed E-state index contributed by atoms with van der Waals surface area (Å²) in [7, 11) is 0. The third-order valence-electron chi connectivity index (χ3n) is 1.52. The lowest BCUT2D eigenvalue weighted by Crippen LogP contribution is -1.85. The second-order valence-corrected chi connectivity index (χ2v) is 2.34. The Morgan fingerprint density at radius 3 is 3.00 bits per heavy atom. The minimum Gasteiger partial charge on any atom is -0.478 e. The van der Waals surface area contributed by atoms with Gasteiger partial charge in [0, 0.05) is 6.08 Å². The predicted octanol–water partition coefficient (Wildman–Crippen LogP) is 1.74. The Labute approximate surface area is 59.9 Å². The van der Waals surface area contributed by atoms with E-state index in [0.717, 1.165) is 18.4 Å². The first kappa shape index (κ1) is 7.06. The van der Waals surface area contributed by atoms with Gasteiger partial charge < -0.3 is 5.11 Å². The number of carbonyl (C=O) groups is 1. The molecule has 1 aliphatic carbocycles. The van der Waals surface area contributed by atoms with Crippen LogP contribution in [0.2, 0.25) is 0 Å². The van der Waals surface area contributed by atoms with Crippen molar-refractivity contribution in [1.29, 1.82) is 0 Å². The molecule has 0 aromatic rings. The molecule has 1 rings (SSSR count). The topological polar surface area (TPSA) is 37.3 Å². The van der Waals surface area contributed by atoms with Gasteiger partial charge in [-0.1, -0.05) is 17.7 Å². The maximum atomic E-state index is 10.0. The minimum absolute atomic E-state index is 0.868. The van der Waals surface area contributed by atoms with Crippen molar-refractivity contribution in [1.82, 2.24) is 0 Å². The number of carboxylic acids is 1. The molecule has 1 N–H and O–H groups in total. The van der Waals surface area contributed by atoms with Gasteiger partial charge >= 0.3 is 5.97 Å². The number of hydrogen-bond donors (Lipinski definition) is 1. The molecule has 0 radical (unpaired) electrons. The fraction of sp³-hybridized carbons (Fsp3) is 0.375. The molecule has 0 aliphatic heterocycles. The van der Waals surface area contributed by atoms with Crippen LogP contribution in [0.3, 0.4) is 0 Å². The van der Waals surface area contributed by atoms with Crippen molar-refractivity contribution in [2.45, 2.75) is 19.3 Å². The van der Waals surface area contributed by atoms with E-state index >= 15 is 0 Å². The highest BCUT2D eigenvalue weighted by Gasteiger charge is 1.99. The van der Waals surface area contributed by atoms with Crippen molar-refractivity contribution in [3.63, 3.8) is 0 Å². The summed E-state index contributed by atoms with van der Waals surface area (Å²) in [5.74, 6) is -0.868. The monoisotopic (exact) mass is 138 g/mol. The standard InChI is InChI=1S/C8H10O2/c9-8(10)6-5-7-3-1-2-4-7/h3,5-6H,1-2,4H2,(H,9,10)/b6-5+. The highest BCUT2D eigenvalue weighted by molar-refractivity contribution is 5.80. The highest BCUT2D eigenvalue weighted by atomic mass is 16.4. The van der Waals surface area contributed by atoms with E-state index in [1.807, 2.05) is 0 Å². The Bertz CT molecular complexity index is 189. The smallest absolute Gasteiger partial charge is 0.328 e. The van der Waals surface area contributed by atoms with Crippen LogP contribution >= 0.6 is 0 Å². The predicted molar refractivity (Wildman–Crippen MR) is 38.7 cm³/mol. The van der Waals surface area contributed by atoms with Gasteiger partial charge in [-0.05, 0) is 19.3 Å². The molecular formula is C8H10O2. The Morgan fingerprint density at radius 1 is 1.70 bits per heavy atom. The average Bonchev–Trinajstić information content (AvgIpc) is 2.34. The molecule has 0 fully saturated rings. The third-order valence-corrected chi connectivity index (χ3v) is 1.52. The number of rotatable bonds is 2. The van der Waals surface area contributed by atoms with Gasteiger partial charge in [0.15, 0.2) is 0 Å². The summed E-state index contributed by atoms with van der Waals surface area (Å²) < 4.78 is 0. The summed E-state index contributed by atoms with van der Waals surface area (Å²) in [6.45, 7) is 0. The molecule has 0 heterocycles. The van der Waals surface area contributed by atoms with Crippen molar-refractivity contribution >= 4 is 5.97 Å². The zero-order chi connectivity index (χ0) is 7.40. The van der Waals surface area contributed by atoms with E-state index in [2.05, 4.69) is 6.08 Å².